The lowest BCUT2D eigenvalue weighted by Gasteiger charge is -2.29. The third kappa shape index (κ3) is 4.17. The van der Waals surface area contributed by atoms with Crippen LogP contribution in [-0.2, 0) is 14.6 Å². The first kappa shape index (κ1) is 22.8. The van der Waals surface area contributed by atoms with Crippen molar-refractivity contribution in [2.24, 2.45) is 11.8 Å². The normalized spacial score (nSPS) is 24.4. The largest absolute Gasteiger partial charge is 0.398 e. The molecular formula is C25H28FN3O4S. The summed E-state index contributed by atoms with van der Waals surface area (Å²) in [5.74, 6) is -0.699. The molecule has 1 saturated heterocycles. The molecule has 0 unspecified atom stereocenters. The molecule has 3 aliphatic rings. The summed E-state index contributed by atoms with van der Waals surface area (Å²) in [7, 11) is -3.53. The van der Waals surface area contributed by atoms with Crippen LogP contribution in [0.25, 0.3) is 0 Å². The van der Waals surface area contributed by atoms with Crippen molar-refractivity contribution in [2.75, 3.05) is 12.0 Å². The fraction of sp³-hybridized carbons (Fsp3) is 0.440. The highest BCUT2D eigenvalue weighted by Gasteiger charge is 2.56. The first-order chi connectivity index (χ1) is 16.0. The summed E-state index contributed by atoms with van der Waals surface area (Å²) < 4.78 is 38.7. The van der Waals surface area contributed by atoms with Gasteiger partial charge >= 0.3 is 0 Å². The lowest BCUT2D eigenvalue weighted by Crippen LogP contribution is -2.49. The van der Waals surface area contributed by atoms with Crippen LogP contribution < -0.4 is 11.1 Å². The van der Waals surface area contributed by atoms with Crippen LogP contribution in [0.3, 0.4) is 0 Å². The Morgan fingerprint density at radius 2 is 1.88 bits per heavy atom. The molecule has 0 bridgehead atoms. The van der Waals surface area contributed by atoms with Crippen LogP contribution in [-0.4, -0.2) is 43.5 Å². The quantitative estimate of drug-likeness (QED) is 0.612. The predicted molar refractivity (Wildman–Crippen MR) is 125 cm³/mol. The number of likely N-dealkylation sites (tertiary alicyclic amines) is 1. The van der Waals surface area contributed by atoms with E-state index in [1.54, 1.807) is 11.0 Å². The van der Waals surface area contributed by atoms with E-state index in [1.807, 2.05) is 13.0 Å². The molecule has 2 aromatic carbocycles. The number of rotatable bonds is 6. The predicted octanol–water partition coefficient (Wildman–Crippen LogP) is 2.99. The van der Waals surface area contributed by atoms with Crippen LogP contribution >= 0.6 is 0 Å². The Balaban J connectivity index is 1.41. The fourth-order valence-electron chi connectivity index (χ4n) is 5.09. The first-order valence-electron chi connectivity index (χ1n) is 11.5. The molecule has 4 atom stereocenters. The summed E-state index contributed by atoms with van der Waals surface area (Å²) in [5.41, 5.74) is 7.55. The number of carbonyl (C=O) groups is 2. The maximum Gasteiger partial charge on any atom is 0.256 e. The molecule has 3 fully saturated rings. The lowest BCUT2D eigenvalue weighted by atomic mass is 9.99. The number of nitrogens with one attached hydrogen (secondary N) is 1. The molecule has 34 heavy (non-hydrogen) atoms. The number of halogens is 1. The Labute approximate surface area is 198 Å². The Bertz CT molecular complexity index is 1290. The van der Waals surface area contributed by atoms with E-state index in [2.05, 4.69) is 5.32 Å². The SMILES string of the molecule is Cc1ccc([C@H](NC(=O)[C@H]2C[C@H]3C[C@H]3N2C(=O)c2cc(S(C)(=O)=O)ccc2N)C2CC2)c(F)c1. The Hall–Kier alpha value is -2.94. The summed E-state index contributed by atoms with van der Waals surface area (Å²) in [4.78, 5) is 28.5. The number of nitrogens with two attached hydrogens (primary N) is 1. The first-order valence-corrected chi connectivity index (χ1v) is 13.4. The molecule has 2 amide bonds. The number of piperidine rings is 1. The van der Waals surface area contributed by atoms with Crippen LogP contribution in [0, 0.1) is 24.6 Å². The number of nitrogen functional groups attached to an aromatic ring is 1. The second-order valence-electron chi connectivity index (χ2n) is 9.90. The summed E-state index contributed by atoms with van der Waals surface area (Å²) in [6.07, 6.45) is 4.22. The van der Waals surface area contributed by atoms with Crippen molar-refractivity contribution in [3.63, 3.8) is 0 Å². The van der Waals surface area contributed by atoms with Crippen molar-refractivity contribution in [3.8, 4) is 0 Å². The molecule has 2 aromatic rings. The van der Waals surface area contributed by atoms with Crippen LogP contribution in [0.1, 0.15) is 53.2 Å². The van der Waals surface area contributed by atoms with Crippen molar-refractivity contribution in [1.29, 1.82) is 0 Å². The van der Waals surface area contributed by atoms with Crippen LogP contribution in [0.4, 0.5) is 10.1 Å². The number of nitrogens with zero attached hydrogens (tertiary/aromatic N) is 1. The second kappa shape index (κ2) is 8.08. The number of carbonyl (C=O) groups excluding carboxylic acids is 2. The van der Waals surface area contributed by atoms with Crippen molar-refractivity contribution < 1.29 is 22.4 Å². The Kier molecular flexibility index (Phi) is 5.42. The highest BCUT2D eigenvalue weighted by atomic mass is 32.2. The zero-order valence-corrected chi connectivity index (χ0v) is 19.9. The van der Waals surface area contributed by atoms with Gasteiger partial charge in [0.15, 0.2) is 9.84 Å². The topological polar surface area (TPSA) is 110 Å². The van der Waals surface area contributed by atoms with E-state index in [1.165, 1.54) is 24.3 Å². The lowest BCUT2D eigenvalue weighted by molar-refractivity contribution is -0.126. The van der Waals surface area contributed by atoms with E-state index in [0.29, 0.717) is 12.0 Å². The monoisotopic (exact) mass is 485 g/mol. The number of hydrogen-bond donors (Lipinski definition) is 2. The van der Waals surface area contributed by atoms with Crippen LogP contribution in [0.15, 0.2) is 41.3 Å². The van der Waals surface area contributed by atoms with Gasteiger partial charge in [-0.15, -0.1) is 0 Å². The number of amides is 2. The van der Waals surface area contributed by atoms with Crippen molar-refractivity contribution in [2.45, 2.75) is 55.6 Å². The molecule has 0 aromatic heterocycles. The number of hydrogen-bond acceptors (Lipinski definition) is 5. The highest BCUT2D eigenvalue weighted by Crippen LogP contribution is 2.49. The van der Waals surface area contributed by atoms with Crippen molar-refractivity contribution >= 4 is 27.3 Å². The zero-order valence-electron chi connectivity index (χ0n) is 19.1. The molecule has 1 heterocycles. The number of anilines is 1. The average molecular weight is 486 g/mol. The molecular weight excluding hydrogens is 457 g/mol. The van der Waals surface area contributed by atoms with Gasteiger partial charge in [-0.1, -0.05) is 12.1 Å². The molecule has 5 rings (SSSR count). The van der Waals surface area contributed by atoms with Crippen LogP contribution in [0.2, 0.25) is 0 Å². The molecule has 0 spiro atoms. The van der Waals surface area contributed by atoms with Crippen LogP contribution in [0.5, 0.6) is 0 Å². The van der Waals surface area contributed by atoms with Gasteiger partial charge in [0.2, 0.25) is 5.91 Å². The van der Waals surface area contributed by atoms with Gasteiger partial charge in [0.1, 0.15) is 11.9 Å². The van der Waals surface area contributed by atoms with E-state index in [9.17, 15) is 22.4 Å². The van der Waals surface area contributed by atoms with E-state index in [-0.39, 0.29) is 45.7 Å². The summed E-state index contributed by atoms with van der Waals surface area (Å²) in [6, 6.07) is 7.86. The van der Waals surface area contributed by atoms with Gasteiger partial charge in [-0.3, -0.25) is 9.59 Å². The van der Waals surface area contributed by atoms with Gasteiger partial charge in [0.05, 0.1) is 16.5 Å². The minimum atomic E-state index is -3.53. The van der Waals surface area contributed by atoms with Crippen molar-refractivity contribution in [1.82, 2.24) is 10.2 Å². The standard InChI is InChI=1S/C25H28FN3O4S/c1-13-3-7-17(19(26)9-13)23(14-4-5-14)28-24(30)22-11-15-10-21(15)29(22)25(31)18-12-16(34(2,32)33)6-8-20(18)27/h3,6-9,12,14-15,21-23H,4-5,10-11,27H2,1-2H3,(H,28,30)/t15-,21-,22-,23-/m1/s1. The Morgan fingerprint density at radius 3 is 2.53 bits per heavy atom. The smallest absolute Gasteiger partial charge is 0.256 e. The number of benzene rings is 2. The summed E-state index contributed by atoms with van der Waals surface area (Å²) >= 11 is 0. The average Bonchev–Trinajstić information content (AvgIpc) is 3.69. The number of fused-ring (bicyclic) bond motifs is 1. The van der Waals surface area contributed by atoms with E-state index in [0.717, 1.165) is 31.1 Å². The number of aryl methyl sites for hydroxylation is 1. The molecule has 1 aliphatic heterocycles. The molecule has 3 N–H and O–H groups in total. The molecule has 7 nitrogen and oxygen atoms in total. The minimum Gasteiger partial charge on any atom is -0.398 e. The summed E-state index contributed by atoms with van der Waals surface area (Å²) in [6.45, 7) is 1.82. The van der Waals surface area contributed by atoms with Gasteiger partial charge in [0, 0.05) is 23.5 Å². The molecule has 180 valence electrons. The van der Waals surface area contributed by atoms with Gasteiger partial charge in [-0.2, -0.15) is 0 Å². The Morgan fingerprint density at radius 1 is 1.15 bits per heavy atom. The van der Waals surface area contributed by atoms with Gasteiger partial charge < -0.3 is 16.0 Å². The summed E-state index contributed by atoms with van der Waals surface area (Å²) in [5, 5.41) is 3.03. The molecule has 2 saturated carbocycles. The van der Waals surface area contributed by atoms with Gasteiger partial charge in [0.25, 0.3) is 5.91 Å². The maximum atomic E-state index is 14.7. The maximum absolute atomic E-state index is 14.7. The zero-order chi connectivity index (χ0) is 24.4. The fourth-order valence-corrected chi connectivity index (χ4v) is 5.73. The van der Waals surface area contributed by atoms with E-state index >= 15 is 0 Å². The van der Waals surface area contributed by atoms with E-state index < -0.39 is 27.8 Å². The molecule has 0 radical (unpaired) electrons. The highest BCUT2D eigenvalue weighted by molar-refractivity contribution is 7.90. The number of sulfone groups is 1. The van der Waals surface area contributed by atoms with E-state index in [4.69, 9.17) is 5.73 Å². The van der Waals surface area contributed by atoms with Gasteiger partial charge in [-0.25, -0.2) is 12.8 Å². The molecule has 9 heteroatoms. The third-order valence-corrected chi connectivity index (χ3v) is 8.32. The van der Waals surface area contributed by atoms with Crippen molar-refractivity contribution in [3.05, 3.63) is 58.9 Å². The third-order valence-electron chi connectivity index (χ3n) is 7.21. The van der Waals surface area contributed by atoms with Gasteiger partial charge in [-0.05, 0) is 74.3 Å². The second-order valence-corrected chi connectivity index (χ2v) is 11.9. The molecule has 2 aliphatic carbocycles. The minimum absolute atomic E-state index is 0.00115.